The molecule has 0 radical (unpaired) electrons. The third-order valence-corrected chi connectivity index (χ3v) is 4.30. The van der Waals surface area contributed by atoms with E-state index < -0.39 is 18.0 Å². The number of rotatable bonds is 4. The van der Waals surface area contributed by atoms with Crippen LogP contribution in [0.3, 0.4) is 0 Å². The monoisotopic (exact) mass is 319 g/mol. The molecule has 2 aliphatic rings. The number of carbonyl (C=O) groups is 3. The van der Waals surface area contributed by atoms with E-state index in [2.05, 4.69) is 10.6 Å². The Morgan fingerprint density at radius 1 is 1.35 bits per heavy atom. The summed E-state index contributed by atoms with van der Waals surface area (Å²) in [7, 11) is 0. The minimum atomic E-state index is -0.801. The number of amides is 4. The van der Waals surface area contributed by atoms with Crippen LogP contribution in [0, 0.1) is 5.82 Å². The molecule has 0 aliphatic carbocycles. The fourth-order valence-electron chi connectivity index (χ4n) is 3.21. The van der Waals surface area contributed by atoms with Crippen molar-refractivity contribution < 1.29 is 18.8 Å². The molecule has 4 amide bonds. The van der Waals surface area contributed by atoms with Gasteiger partial charge in [-0.1, -0.05) is 12.1 Å². The Bertz CT molecular complexity index is 649. The number of likely N-dealkylation sites (tertiary alicyclic amines) is 1. The summed E-state index contributed by atoms with van der Waals surface area (Å²) in [5.74, 6) is -0.917. The maximum atomic E-state index is 13.3. The quantitative estimate of drug-likeness (QED) is 0.811. The zero-order valence-electron chi connectivity index (χ0n) is 12.5. The Kier molecular flexibility index (Phi) is 4.27. The molecular formula is C16H18FN3O3. The second kappa shape index (κ2) is 6.36. The Morgan fingerprint density at radius 2 is 2.17 bits per heavy atom. The van der Waals surface area contributed by atoms with Crippen LogP contribution < -0.4 is 10.6 Å². The van der Waals surface area contributed by atoms with Gasteiger partial charge >= 0.3 is 6.03 Å². The molecule has 0 aromatic heterocycles. The number of hydrogen-bond acceptors (Lipinski definition) is 3. The highest BCUT2D eigenvalue weighted by Gasteiger charge is 2.35. The van der Waals surface area contributed by atoms with Gasteiger partial charge in [-0.3, -0.25) is 14.9 Å². The molecule has 3 rings (SSSR count). The summed E-state index contributed by atoms with van der Waals surface area (Å²) in [5, 5.41) is 4.55. The zero-order valence-corrected chi connectivity index (χ0v) is 12.5. The number of urea groups is 1. The molecule has 1 aromatic carbocycles. The van der Waals surface area contributed by atoms with Crippen LogP contribution in [0.25, 0.3) is 0 Å². The fraction of sp³-hybridized carbons (Fsp3) is 0.438. The molecule has 2 fully saturated rings. The molecule has 2 saturated heterocycles. The SMILES string of the molecule is O=C1NC(=O)[C@H](CC(=O)N2CCC[C@@H]2Cc2cccc(F)c2)N1. The maximum Gasteiger partial charge on any atom is 0.322 e. The Morgan fingerprint density at radius 3 is 2.87 bits per heavy atom. The van der Waals surface area contributed by atoms with Gasteiger partial charge in [0.2, 0.25) is 5.91 Å². The van der Waals surface area contributed by atoms with Gasteiger partial charge in [0.15, 0.2) is 0 Å². The summed E-state index contributed by atoms with van der Waals surface area (Å²) < 4.78 is 13.3. The molecule has 2 aliphatic heterocycles. The van der Waals surface area contributed by atoms with E-state index in [1.807, 2.05) is 6.07 Å². The number of imide groups is 1. The van der Waals surface area contributed by atoms with E-state index in [1.54, 1.807) is 11.0 Å². The summed E-state index contributed by atoms with van der Waals surface area (Å²) in [6.07, 6.45) is 2.28. The molecule has 0 unspecified atom stereocenters. The van der Waals surface area contributed by atoms with Crippen molar-refractivity contribution in [1.82, 2.24) is 15.5 Å². The maximum absolute atomic E-state index is 13.3. The van der Waals surface area contributed by atoms with E-state index in [4.69, 9.17) is 0 Å². The van der Waals surface area contributed by atoms with Gasteiger partial charge in [0, 0.05) is 12.6 Å². The van der Waals surface area contributed by atoms with Gasteiger partial charge in [-0.25, -0.2) is 9.18 Å². The van der Waals surface area contributed by atoms with Crippen molar-refractivity contribution in [2.24, 2.45) is 0 Å². The van der Waals surface area contributed by atoms with Crippen LogP contribution in [0.2, 0.25) is 0 Å². The van der Waals surface area contributed by atoms with Crippen LogP contribution in [-0.2, 0) is 16.0 Å². The van der Waals surface area contributed by atoms with Gasteiger partial charge in [0.05, 0.1) is 6.42 Å². The predicted molar refractivity (Wildman–Crippen MR) is 79.9 cm³/mol. The van der Waals surface area contributed by atoms with Crippen molar-refractivity contribution >= 4 is 17.8 Å². The third-order valence-electron chi connectivity index (χ3n) is 4.30. The molecule has 2 N–H and O–H groups in total. The lowest BCUT2D eigenvalue weighted by Crippen LogP contribution is -2.41. The summed E-state index contributed by atoms with van der Waals surface area (Å²) in [6.45, 7) is 0.626. The van der Waals surface area contributed by atoms with E-state index in [9.17, 15) is 18.8 Å². The van der Waals surface area contributed by atoms with Gasteiger partial charge in [-0.15, -0.1) is 0 Å². The largest absolute Gasteiger partial charge is 0.339 e. The average molecular weight is 319 g/mol. The molecule has 23 heavy (non-hydrogen) atoms. The third kappa shape index (κ3) is 3.49. The van der Waals surface area contributed by atoms with Crippen molar-refractivity contribution in [2.75, 3.05) is 6.54 Å². The first kappa shape index (κ1) is 15.5. The van der Waals surface area contributed by atoms with Crippen LogP contribution in [0.1, 0.15) is 24.8 Å². The van der Waals surface area contributed by atoms with Crippen molar-refractivity contribution in [2.45, 2.75) is 37.8 Å². The Labute approximate surface area is 133 Å². The summed E-state index contributed by atoms with van der Waals surface area (Å²) in [5.41, 5.74) is 0.849. The molecule has 6 nitrogen and oxygen atoms in total. The van der Waals surface area contributed by atoms with Gasteiger partial charge in [0.25, 0.3) is 5.91 Å². The summed E-state index contributed by atoms with van der Waals surface area (Å²) in [4.78, 5) is 36.8. The first-order valence-corrected chi connectivity index (χ1v) is 7.68. The van der Waals surface area contributed by atoms with Crippen molar-refractivity contribution in [3.8, 4) is 0 Å². The van der Waals surface area contributed by atoms with Crippen LogP contribution in [-0.4, -0.2) is 41.4 Å². The highest BCUT2D eigenvalue weighted by molar-refractivity contribution is 6.05. The second-order valence-electron chi connectivity index (χ2n) is 5.94. The fourth-order valence-corrected chi connectivity index (χ4v) is 3.21. The van der Waals surface area contributed by atoms with Crippen molar-refractivity contribution in [1.29, 1.82) is 0 Å². The first-order valence-electron chi connectivity index (χ1n) is 7.68. The smallest absolute Gasteiger partial charge is 0.322 e. The van der Waals surface area contributed by atoms with E-state index >= 15 is 0 Å². The molecular weight excluding hydrogens is 301 g/mol. The van der Waals surface area contributed by atoms with Crippen LogP contribution in [0.5, 0.6) is 0 Å². The lowest BCUT2D eigenvalue weighted by molar-refractivity contribution is -0.134. The molecule has 2 atom stereocenters. The Balaban J connectivity index is 1.63. The minimum absolute atomic E-state index is 0.00414. The van der Waals surface area contributed by atoms with E-state index in [0.717, 1.165) is 18.4 Å². The number of carbonyl (C=O) groups excluding carboxylic acids is 3. The van der Waals surface area contributed by atoms with Crippen LogP contribution >= 0.6 is 0 Å². The van der Waals surface area contributed by atoms with Gasteiger partial charge < -0.3 is 10.2 Å². The lowest BCUT2D eigenvalue weighted by atomic mass is 10.0. The van der Waals surface area contributed by atoms with Gasteiger partial charge in [-0.2, -0.15) is 0 Å². The van der Waals surface area contributed by atoms with Gasteiger partial charge in [0.1, 0.15) is 11.9 Å². The molecule has 0 saturated carbocycles. The molecule has 1 aromatic rings. The van der Waals surface area contributed by atoms with Crippen molar-refractivity contribution in [3.63, 3.8) is 0 Å². The predicted octanol–water partition coefficient (Wildman–Crippen LogP) is 0.957. The summed E-state index contributed by atoms with van der Waals surface area (Å²) in [6, 6.07) is 5.01. The number of benzene rings is 1. The molecule has 0 spiro atoms. The van der Waals surface area contributed by atoms with E-state index in [0.29, 0.717) is 13.0 Å². The first-order chi connectivity index (χ1) is 11.0. The topological polar surface area (TPSA) is 78.5 Å². The molecule has 7 heteroatoms. The van der Waals surface area contributed by atoms with E-state index in [1.165, 1.54) is 12.1 Å². The highest BCUT2D eigenvalue weighted by Crippen LogP contribution is 2.23. The van der Waals surface area contributed by atoms with E-state index in [-0.39, 0.29) is 24.2 Å². The number of hydrogen-bond donors (Lipinski definition) is 2. The standard InChI is InChI=1S/C16H18FN3O3/c17-11-4-1-3-10(7-11)8-12-5-2-6-20(12)14(21)9-13-15(22)19-16(23)18-13/h1,3-4,7,12-13H,2,5-6,8-9H2,(H2,18,19,22,23)/t12-,13+/m1/s1. The Hall–Kier alpha value is -2.44. The summed E-state index contributed by atoms with van der Waals surface area (Å²) >= 11 is 0. The highest BCUT2D eigenvalue weighted by atomic mass is 19.1. The average Bonchev–Trinajstić information content (AvgIpc) is 3.06. The number of halogens is 1. The molecule has 2 heterocycles. The molecule has 122 valence electrons. The normalized spacial score (nSPS) is 23.8. The lowest BCUT2D eigenvalue weighted by Gasteiger charge is -2.25. The molecule has 0 bridgehead atoms. The van der Waals surface area contributed by atoms with Crippen LogP contribution in [0.4, 0.5) is 9.18 Å². The van der Waals surface area contributed by atoms with Gasteiger partial charge in [-0.05, 0) is 37.0 Å². The second-order valence-corrected chi connectivity index (χ2v) is 5.94. The number of nitrogens with zero attached hydrogens (tertiary/aromatic N) is 1. The minimum Gasteiger partial charge on any atom is -0.339 e. The van der Waals surface area contributed by atoms with Crippen LogP contribution in [0.15, 0.2) is 24.3 Å². The zero-order chi connectivity index (χ0) is 16.4. The van der Waals surface area contributed by atoms with Crippen molar-refractivity contribution in [3.05, 3.63) is 35.6 Å². The number of nitrogens with one attached hydrogen (secondary N) is 2.